The van der Waals surface area contributed by atoms with Gasteiger partial charge >= 0.3 is 0 Å². The van der Waals surface area contributed by atoms with Gasteiger partial charge in [-0.15, -0.1) is 0 Å². The molecule has 3 rings (SSSR count). The summed E-state index contributed by atoms with van der Waals surface area (Å²) < 4.78 is 11.8. The van der Waals surface area contributed by atoms with Crippen molar-refractivity contribution >= 4 is 33.0 Å². The van der Waals surface area contributed by atoms with Gasteiger partial charge in [-0.1, -0.05) is 24.0 Å². The van der Waals surface area contributed by atoms with Gasteiger partial charge in [0, 0.05) is 22.2 Å². The number of benzene rings is 2. The summed E-state index contributed by atoms with van der Waals surface area (Å²) in [5.74, 6) is 10.6. The molecule has 1 aromatic heterocycles. The van der Waals surface area contributed by atoms with Gasteiger partial charge in [0.25, 0.3) is 0 Å². The summed E-state index contributed by atoms with van der Waals surface area (Å²) in [5.41, 5.74) is 3.34. The number of anilines is 3. The van der Waals surface area contributed by atoms with E-state index in [2.05, 4.69) is 38.3 Å². The molecule has 2 atom stereocenters. The Morgan fingerprint density at radius 1 is 1.23 bits per heavy atom. The molecule has 31 heavy (non-hydrogen) atoms. The molecule has 0 fully saturated rings. The molecule has 2 aromatic carbocycles. The highest BCUT2D eigenvalue weighted by Gasteiger charge is 2.10. The average Bonchev–Trinajstić information content (AvgIpc) is 2.73. The van der Waals surface area contributed by atoms with Crippen molar-refractivity contribution in [1.29, 1.82) is 0 Å². The topological polar surface area (TPSA) is 113 Å². The van der Waals surface area contributed by atoms with Crippen LogP contribution in [0.4, 0.5) is 17.5 Å². The standard InChI is InChI=1S/C23H25N5O2S/c1-16-5-4-6-18(13-16)7-8-19-14-25-23(28-22(19)26-17(2)15-29)27-20-9-11-21(12-10-20)31(3,24)30/h4-6,9-14,17,29H,3,15H2,1-2H3,(H2,24,30)(H2,25,26,27,28)/t17-,31?/m1/s1. The summed E-state index contributed by atoms with van der Waals surface area (Å²) in [6.07, 6.45) is 1.63. The molecule has 1 unspecified atom stereocenters. The second kappa shape index (κ2) is 9.62. The van der Waals surface area contributed by atoms with Crippen LogP contribution >= 0.6 is 0 Å². The van der Waals surface area contributed by atoms with Gasteiger partial charge in [0.15, 0.2) is 0 Å². The van der Waals surface area contributed by atoms with Crippen LogP contribution in [0.5, 0.6) is 0 Å². The minimum Gasteiger partial charge on any atom is -0.394 e. The number of hydrogen-bond acceptors (Lipinski definition) is 6. The second-order valence-electron chi connectivity index (χ2n) is 7.18. The molecule has 160 valence electrons. The fourth-order valence-corrected chi connectivity index (χ4v) is 3.28. The predicted molar refractivity (Wildman–Crippen MR) is 127 cm³/mol. The van der Waals surface area contributed by atoms with E-state index >= 15 is 0 Å². The minimum atomic E-state index is -2.76. The fourth-order valence-electron chi connectivity index (χ4n) is 2.68. The quantitative estimate of drug-likeness (QED) is 0.350. The highest BCUT2D eigenvalue weighted by Crippen LogP contribution is 2.19. The molecule has 3 aromatic rings. The van der Waals surface area contributed by atoms with Gasteiger partial charge in [0.05, 0.1) is 28.1 Å². The maximum Gasteiger partial charge on any atom is 0.229 e. The third kappa shape index (κ3) is 6.30. The molecule has 0 spiro atoms. The van der Waals surface area contributed by atoms with Crippen molar-refractivity contribution in [3.8, 4) is 11.8 Å². The van der Waals surface area contributed by atoms with E-state index in [4.69, 9.17) is 5.14 Å². The van der Waals surface area contributed by atoms with Gasteiger partial charge < -0.3 is 15.7 Å². The van der Waals surface area contributed by atoms with Crippen LogP contribution in [0.1, 0.15) is 23.6 Å². The van der Waals surface area contributed by atoms with Crippen molar-refractivity contribution in [3.63, 3.8) is 0 Å². The SMILES string of the molecule is C=S(N)(=O)c1ccc(Nc2ncc(C#Cc3cccc(C)c3)c(N[C@H](C)CO)n2)cc1. The lowest BCUT2D eigenvalue weighted by Crippen LogP contribution is -2.21. The van der Waals surface area contributed by atoms with Gasteiger partial charge in [0.2, 0.25) is 5.95 Å². The zero-order valence-electron chi connectivity index (χ0n) is 17.4. The molecule has 7 nitrogen and oxygen atoms in total. The number of hydrogen-bond donors (Lipinski definition) is 4. The maximum absolute atomic E-state index is 11.8. The van der Waals surface area contributed by atoms with Crippen molar-refractivity contribution < 1.29 is 9.32 Å². The summed E-state index contributed by atoms with van der Waals surface area (Å²) in [5, 5.41) is 21.2. The lowest BCUT2D eigenvalue weighted by atomic mass is 10.1. The molecular formula is C23H25N5O2S. The molecule has 0 bridgehead atoms. The first kappa shape index (κ1) is 22.3. The van der Waals surface area contributed by atoms with E-state index in [9.17, 15) is 9.32 Å². The first-order valence-electron chi connectivity index (χ1n) is 9.60. The molecule has 0 amide bonds. The van der Waals surface area contributed by atoms with Crippen LogP contribution in [-0.4, -0.2) is 37.8 Å². The average molecular weight is 436 g/mol. The van der Waals surface area contributed by atoms with Crippen LogP contribution < -0.4 is 15.8 Å². The van der Waals surface area contributed by atoms with Crippen molar-refractivity contribution in [2.75, 3.05) is 17.2 Å². The van der Waals surface area contributed by atoms with Gasteiger partial charge in [0.1, 0.15) is 5.82 Å². The number of aryl methyl sites for hydroxylation is 1. The second-order valence-corrected chi connectivity index (χ2v) is 9.10. The van der Waals surface area contributed by atoms with E-state index in [0.717, 1.165) is 11.1 Å². The first-order chi connectivity index (χ1) is 14.7. The molecule has 0 aliphatic rings. The zero-order chi connectivity index (χ0) is 22.4. The number of aliphatic hydroxyl groups excluding tert-OH is 1. The summed E-state index contributed by atoms with van der Waals surface area (Å²) in [6, 6.07) is 14.4. The van der Waals surface area contributed by atoms with E-state index in [1.54, 1.807) is 30.5 Å². The third-order valence-corrected chi connectivity index (χ3v) is 5.38. The van der Waals surface area contributed by atoms with Crippen LogP contribution in [0.15, 0.2) is 59.6 Å². The summed E-state index contributed by atoms with van der Waals surface area (Å²) >= 11 is 0. The predicted octanol–water partition coefficient (Wildman–Crippen LogP) is 2.67. The highest BCUT2D eigenvalue weighted by molar-refractivity contribution is 7.98. The Morgan fingerprint density at radius 2 is 1.97 bits per heavy atom. The van der Waals surface area contributed by atoms with Crippen molar-refractivity contribution in [1.82, 2.24) is 9.97 Å². The first-order valence-corrected chi connectivity index (χ1v) is 11.4. The lowest BCUT2D eigenvalue weighted by molar-refractivity contribution is 0.281. The normalized spacial score (nSPS) is 13.4. The van der Waals surface area contributed by atoms with Crippen LogP contribution in [0.3, 0.4) is 0 Å². The van der Waals surface area contributed by atoms with E-state index in [0.29, 0.717) is 27.9 Å². The van der Waals surface area contributed by atoms with Gasteiger partial charge in [-0.25, -0.2) is 9.19 Å². The molecule has 0 radical (unpaired) electrons. The molecule has 5 N–H and O–H groups in total. The summed E-state index contributed by atoms with van der Waals surface area (Å²) in [4.78, 5) is 9.32. The highest BCUT2D eigenvalue weighted by atomic mass is 32.2. The van der Waals surface area contributed by atoms with E-state index < -0.39 is 9.71 Å². The zero-order valence-corrected chi connectivity index (χ0v) is 18.2. The Labute approximate surface area is 182 Å². The maximum atomic E-state index is 11.8. The fraction of sp³-hybridized carbons (Fsp3) is 0.174. The third-order valence-electron chi connectivity index (χ3n) is 4.31. The number of nitrogens with one attached hydrogen (secondary N) is 2. The van der Waals surface area contributed by atoms with Gasteiger partial charge in [-0.2, -0.15) is 4.98 Å². The molecule has 1 heterocycles. The molecule has 0 aliphatic heterocycles. The van der Waals surface area contributed by atoms with Crippen LogP contribution in [-0.2, 0) is 9.71 Å². The Balaban J connectivity index is 1.88. The van der Waals surface area contributed by atoms with Crippen LogP contribution in [0, 0.1) is 18.8 Å². The summed E-state index contributed by atoms with van der Waals surface area (Å²) in [6.45, 7) is 3.80. The number of nitrogens with two attached hydrogens (primary N) is 1. The molecule has 8 heteroatoms. The number of aromatic nitrogens is 2. The lowest BCUT2D eigenvalue weighted by Gasteiger charge is -2.14. The number of aliphatic hydroxyl groups is 1. The number of nitrogens with zero attached hydrogens (tertiary/aromatic N) is 2. The molecule has 0 saturated heterocycles. The largest absolute Gasteiger partial charge is 0.394 e. The molecule has 0 aliphatic carbocycles. The smallest absolute Gasteiger partial charge is 0.229 e. The Kier molecular flexibility index (Phi) is 6.92. The van der Waals surface area contributed by atoms with Crippen molar-refractivity contribution in [2.45, 2.75) is 24.8 Å². The number of rotatable bonds is 6. The molecule has 0 saturated carbocycles. The Hall–Kier alpha value is -3.38. The van der Waals surface area contributed by atoms with E-state index in [1.165, 1.54) is 0 Å². The van der Waals surface area contributed by atoms with Gasteiger partial charge in [-0.3, -0.25) is 5.14 Å². The Morgan fingerprint density at radius 3 is 2.61 bits per heavy atom. The Bertz CT molecular complexity index is 1230. The van der Waals surface area contributed by atoms with Gasteiger partial charge in [-0.05, 0) is 61.7 Å². The van der Waals surface area contributed by atoms with Crippen molar-refractivity contribution in [2.24, 2.45) is 5.14 Å². The van der Waals surface area contributed by atoms with Crippen LogP contribution in [0.25, 0.3) is 0 Å². The molecular weight excluding hydrogens is 410 g/mol. The van der Waals surface area contributed by atoms with E-state index in [1.807, 2.05) is 38.1 Å². The summed E-state index contributed by atoms with van der Waals surface area (Å²) in [7, 11) is -2.76. The van der Waals surface area contributed by atoms with Crippen molar-refractivity contribution in [3.05, 3.63) is 71.4 Å². The monoisotopic (exact) mass is 435 g/mol. The van der Waals surface area contributed by atoms with Crippen LogP contribution in [0.2, 0.25) is 0 Å². The minimum absolute atomic E-state index is 0.0532. The van der Waals surface area contributed by atoms with E-state index in [-0.39, 0.29) is 12.6 Å².